The zero-order chi connectivity index (χ0) is 17.9. The molecular formula is C18H15N3O4S. The average molecular weight is 369 g/mol. The molecule has 7 nitrogen and oxygen atoms in total. The first-order chi connectivity index (χ1) is 12.8. The Morgan fingerprint density at radius 2 is 1.85 bits per heavy atom. The third kappa shape index (κ3) is 3.23. The van der Waals surface area contributed by atoms with Crippen molar-refractivity contribution in [3.63, 3.8) is 0 Å². The minimum atomic E-state index is 0.465. The van der Waals surface area contributed by atoms with E-state index in [0.717, 1.165) is 16.7 Å². The largest absolute Gasteiger partial charge is 0.493 e. The number of thioether (sulfide) groups is 1. The molecule has 2 aromatic heterocycles. The molecule has 4 rings (SSSR count). The summed E-state index contributed by atoms with van der Waals surface area (Å²) in [4.78, 5) is 8.83. The van der Waals surface area contributed by atoms with Crippen molar-refractivity contribution in [2.24, 2.45) is 0 Å². The number of hydrogen-bond acceptors (Lipinski definition) is 8. The SMILES string of the molecule is COc1ccc(-c2noc(CSc3nc4ccccc4o3)n2)cc1OC. The van der Waals surface area contributed by atoms with Crippen LogP contribution in [0.1, 0.15) is 5.89 Å². The van der Waals surface area contributed by atoms with Gasteiger partial charge in [-0.25, -0.2) is 4.98 Å². The summed E-state index contributed by atoms with van der Waals surface area (Å²) in [5.41, 5.74) is 2.36. The highest BCUT2D eigenvalue weighted by atomic mass is 32.2. The van der Waals surface area contributed by atoms with Crippen LogP contribution in [0.15, 0.2) is 56.6 Å². The Kier molecular flexibility index (Phi) is 4.49. The van der Waals surface area contributed by atoms with Crippen LogP contribution in [0.4, 0.5) is 0 Å². The zero-order valence-corrected chi connectivity index (χ0v) is 14.9. The minimum absolute atomic E-state index is 0.465. The second kappa shape index (κ2) is 7.09. The lowest BCUT2D eigenvalue weighted by atomic mass is 10.2. The molecule has 0 spiro atoms. The van der Waals surface area contributed by atoms with Crippen LogP contribution in [-0.4, -0.2) is 29.3 Å². The molecule has 4 aromatic rings. The number of hydrogen-bond donors (Lipinski definition) is 0. The first-order valence-electron chi connectivity index (χ1n) is 7.80. The molecule has 0 aliphatic rings. The number of aromatic nitrogens is 3. The zero-order valence-electron chi connectivity index (χ0n) is 14.1. The summed E-state index contributed by atoms with van der Waals surface area (Å²) < 4.78 is 21.5. The topological polar surface area (TPSA) is 83.4 Å². The third-order valence-corrected chi connectivity index (χ3v) is 4.52. The van der Waals surface area contributed by atoms with Crippen molar-refractivity contribution in [2.45, 2.75) is 11.0 Å². The summed E-state index contributed by atoms with van der Waals surface area (Å²) in [6.07, 6.45) is 0. The molecule has 2 aromatic carbocycles. The predicted molar refractivity (Wildman–Crippen MR) is 96.4 cm³/mol. The Balaban J connectivity index is 1.49. The van der Waals surface area contributed by atoms with Gasteiger partial charge in [-0.1, -0.05) is 29.1 Å². The average Bonchev–Trinajstić information content (AvgIpc) is 3.32. The summed E-state index contributed by atoms with van der Waals surface area (Å²) in [6, 6.07) is 13.1. The van der Waals surface area contributed by atoms with Gasteiger partial charge in [0, 0.05) is 5.56 Å². The van der Waals surface area contributed by atoms with Gasteiger partial charge >= 0.3 is 0 Å². The van der Waals surface area contributed by atoms with E-state index in [1.807, 2.05) is 30.3 Å². The Morgan fingerprint density at radius 1 is 1.00 bits per heavy atom. The normalized spacial score (nSPS) is 11.0. The number of methoxy groups -OCH3 is 2. The van der Waals surface area contributed by atoms with Crippen LogP contribution in [-0.2, 0) is 5.75 Å². The van der Waals surface area contributed by atoms with E-state index in [9.17, 15) is 0 Å². The van der Waals surface area contributed by atoms with Crippen molar-refractivity contribution in [1.29, 1.82) is 0 Å². The van der Waals surface area contributed by atoms with Crippen molar-refractivity contribution in [2.75, 3.05) is 14.2 Å². The van der Waals surface area contributed by atoms with Crippen molar-refractivity contribution >= 4 is 22.9 Å². The lowest BCUT2D eigenvalue weighted by molar-refractivity contribution is 0.355. The second-order valence-electron chi connectivity index (χ2n) is 5.32. The summed E-state index contributed by atoms with van der Waals surface area (Å²) in [5, 5.41) is 4.59. The third-order valence-electron chi connectivity index (χ3n) is 3.70. The van der Waals surface area contributed by atoms with Crippen LogP contribution in [0.3, 0.4) is 0 Å². The summed E-state index contributed by atoms with van der Waals surface area (Å²) in [7, 11) is 3.17. The predicted octanol–water partition coefficient (Wildman–Crippen LogP) is 4.19. The number of nitrogens with zero attached hydrogens (tertiary/aromatic N) is 3. The first kappa shape index (κ1) is 16.5. The van der Waals surface area contributed by atoms with Gasteiger partial charge < -0.3 is 18.4 Å². The molecule has 0 fully saturated rings. The fourth-order valence-corrected chi connectivity index (χ4v) is 3.12. The van der Waals surface area contributed by atoms with Gasteiger partial charge in [-0.05, 0) is 30.3 Å². The highest BCUT2D eigenvalue weighted by Crippen LogP contribution is 2.32. The Bertz CT molecular complexity index is 1010. The van der Waals surface area contributed by atoms with E-state index in [0.29, 0.717) is 34.2 Å². The van der Waals surface area contributed by atoms with E-state index in [4.69, 9.17) is 18.4 Å². The number of rotatable bonds is 6. The van der Waals surface area contributed by atoms with Gasteiger partial charge in [0.05, 0.1) is 20.0 Å². The molecule has 0 atom stereocenters. The molecule has 0 aliphatic carbocycles. The van der Waals surface area contributed by atoms with Gasteiger partial charge in [-0.2, -0.15) is 4.98 Å². The van der Waals surface area contributed by atoms with Gasteiger partial charge in [0.2, 0.25) is 11.7 Å². The molecule has 26 heavy (non-hydrogen) atoms. The highest BCUT2D eigenvalue weighted by Gasteiger charge is 2.14. The van der Waals surface area contributed by atoms with Crippen molar-refractivity contribution in [3.8, 4) is 22.9 Å². The smallest absolute Gasteiger partial charge is 0.257 e. The maximum absolute atomic E-state index is 5.67. The maximum atomic E-state index is 5.67. The molecule has 2 heterocycles. The molecule has 0 saturated carbocycles. The molecule has 0 aliphatic heterocycles. The Hall–Kier alpha value is -3.00. The Labute approximate surface area is 153 Å². The van der Waals surface area contributed by atoms with Gasteiger partial charge in [-0.3, -0.25) is 0 Å². The summed E-state index contributed by atoms with van der Waals surface area (Å²) in [5.74, 6) is 2.69. The molecule has 0 bridgehead atoms. The molecule has 132 valence electrons. The van der Waals surface area contributed by atoms with Crippen LogP contribution in [0.25, 0.3) is 22.5 Å². The molecular weight excluding hydrogens is 354 g/mol. The monoisotopic (exact) mass is 369 g/mol. The maximum Gasteiger partial charge on any atom is 0.257 e. The standard InChI is InChI=1S/C18H15N3O4S/c1-22-14-8-7-11(9-15(14)23-2)17-20-16(25-21-17)10-26-18-19-12-5-3-4-6-13(12)24-18/h3-9H,10H2,1-2H3. The van der Waals surface area contributed by atoms with E-state index in [2.05, 4.69) is 15.1 Å². The second-order valence-corrected chi connectivity index (χ2v) is 6.24. The number of ether oxygens (including phenoxy) is 2. The molecule has 0 unspecified atom stereocenters. The first-order valence-corrected chi connectivity index (χ1v) is 8.79. The van der Waals surface area contributed by atoms with Gasteiger partial charge in [0.25, 0.3) is 5.22 Å². The number of fused-ring (bicyclic) bond motifs is 1. The van der Waals surface area contributed by atoms with Gasteiger partial charge in [0.15, 0.2) is 17.1 Å². The van der Waals surface area contributed by atoms with E-state index >= 15 is 0 Å². The quantitative estimate of drug-likeness (QED) is 0.468. The van der Waals surface area contributed by atoms with E-state index in [-0.39, 0.29) is 0 Å². The van der Waals surface area contributed by atoms with Crippen LogP contribution in [0, 0.1) is 0 Å². The van der Waals surface area contributed by atoms with Crippen molar-refractivity contribution in [3.05, 3.63) is 48.4 Å². The van der Waals surface area contributed by atoms with E-state index in [1.54, 1.807) is 26.4 Å². The Morgan fingerprint density at radius 3 is 2.65 bits per heavy atom. The fraction of sp³-hybridized carbons (Fsp3) is 0.167. The lowest BCUT2D eigenvalue weighted by Crippen LogP contribution is -1.91. The fourth-order valence-electron chi connectivity index (χ4n) is 2.44. The molecule has 0 N–H and O–H groups in total. The van der Waals surface area contributed by atoms with Crippen LogP contribution < -0.4 is 9.47 Å². The van der Waals surface area contributed by atoms with E-state index in [1.165, 1.54) is 11.8 Å². The minimum Gasteiger partial charge on any atom is -0.493 e. The molecule has 8 heteroatoms. The van der Waals surface area contributed by atoms with E-state index < -0.39 is 0 Å². The van der Waals surface area contributed by atoms with Crippen molar-refractivity contribution < 1.29 is 18.4 Å². The van der Waals surface area contributed by atoms with Crippen LogP contribution >= 0.6 is 11.8 Å². The molecule has 0 radical (unpaired) electrons. The van der Waals surface area contributed by atoms with Crippen LogP contribution in [0.2, 0.25) is 0 Å². The molecule has 0 saturated heterocycles. The number of benzene rings is 2. The molecule has 0 amide bonds. The van der Waals surface area contributed by atoms with Crippen LogP contribution in [0.5, 0.6) is 11.5 Å². The number of para-hydroxylation sites is 2. The highest BCUT2D eigenvalue weighted by molar-refractivity contribution is 7.98. The van der Waals surface area contributed by atoms with Gasteiger partial charge in [0.1, 0.15) is 5.52 Å². The number of oxazole rings is 1. The summed E-state index contributed by atoms with van der Waals surface area (Å²) in [6.45, 7) is 0. The van der Waals surface area contributed by atoms with Gasteiger partial charge in [-0.15, -0.1) is 0 Å². The lowest BCUT2D eigenvalue weighted by Gasteiger charge is -2.07. The van der Waals surface area contributed by atoms with Crippen molar-refractivity contribution in [1.82, 2.24) is 15.1 Å². The summed E-state index contributed by atoms with van der Waals surface area (Å²) >= 11 is 1.40.